The molecule has 0 aromatic heterocycles. The fourth-order valence-corrected chi connectivity index (χ4v) is 4.21. The monoisotopic (exact) mass is 476 g/mol. The highest BCUT2D eigenvalue weighted by atomic mass is 79.9. The molecule has 0 saturated carbocycles. The zero-order chi connectivity index (χ0) is 19.4. The molecule has 2 aromatic carbocycles. The summed E-state index contributed by atoms with van der Waals surface area (Å²) in [7, 11) is 0. The lowest BCUT2D eigenvalue weighted by Gasteiger charge is -2.12. The Morgan fingerprint density at radius 3 is 1.38 bits per heavy atom. The second-order valence-electron chi connectivity index (χ2n) is 6.56. The van der Waals surface area contributed by atoms with Crippen LogP contribution in [-0.2, 0) is 12.8 Å². The molecule has 0 bridgehead atoms. The van der Waals surface area contributed by atoms with Gasteiger partial charge in [-0.25, -0.2) is 0 Å². The van der Waals surface area contributed by atoms with E-state index in [1.165, 1.54) is 22.3 Å². The first kappa shape index (κ1) is 21.0. The number of aliphatic imine (C=N–C) groups is 2. The third-order valence-corrected chi connectivity index (χ3v) is 5.45. The van der Waals surface area contributed by atoms with Gasteiger partial charge in [0.25, 0.3) is 0 Å². The first-order valence-corrected chi connectivity index (χ1v) is 10.5. The smallest absolute Gasteiger partial charge is 0.0695 e. The fraction of sp³-hybridized carbons (Fsp3) is 0.364. The molecular weight excluding hydrogens is 452 g/mol. The Kier molecular flexibility index (Phi) is 7.36. The number of halogens is 2. The number of rotatable bonds is 5. The van der Waals surface area contributed by atoms with Gasteiger partial charge in [0.2, 0.25) is 0 Å². The lowest BCUT2D eigenvalue weighted by Crippen LogP contribution is -2.06. The minimum atomic E-state index is 0.953. The quantitative estimate of drug-likeness (QED) is 0.391. The maximum Gasteiger partial charge on any atom is 0.0695 e. The lowest BCUT2D eigenvalue weighted by molar-refractivity contribution is 1.12. The highest BCUT2D eigenvalue weighted by Gasteiger charge is 2.10. The first-order valence-electron chi connectivity index (χ1n) is 8.95. The summed E-state index contributed by atoms with van der Waals surface area (Å²) in [6.45, 7) is 12.6. The molecule has 2 rings (SSSR count). The molecule has 0 spiro atoms. The van der Waals surface area contributed by atoms with Gasteiger partial charge >= 0.3 is 0 Å². The average Bonchev–Trinajstić information content (AvgIpc) is 2.58. The van der Waals surface area contributed by atoms with E-state index in [9.17, 15) is 0 Å². The number of hydrogen-bond donors (Lipinski definition) is 0. The van der Waals surface area contributed by atoms with Gasteiger partial charge < -0.3 is 0 Å². The summed E-state index contributed by atoms with van der Waals surface area (Å²) in [6, 6.07) is 8.54. The fourth-order valence-electron chi connectivity index (χ4n) is 2.97. The molecule has 0 atom stereocenters. The summed E-state index contributed by atoms with van der Waals surface area (Å²) in [5.41, 5.74) is 8.88. The number of aryl methyl sites for hydroxylation is 4. The molecule has 2 aromatic rings. The van der Waals surface area contributed by atoms with E-state index in [4.69, 9.17) is 9.98 Å². The molecule has 0 N–H and O–H groups in total. The largest absolute Gasteiger partial charge is 0.251 e. The van der Waals surface area contributed by atoms with Crippen molar-refractivity contribution in [1.82, 2.24) is 0 Å². The maximum atomic E-state index is 4.93. The Hall–Kier alpha value is -1.26. The molecule has 0 unspecified atom stereocenters. The van der Waals surface area contributed by atoms with Crippen molar-refractivity contribution in [2.45, 2.75) is 54.4 Å². The zero-order valence-corrected chi connectivity index (χ0v) is 19.5. The topological polar surface area (TPSA) is 24.7 Å². The molecule has 0 amide bonds. The van der Waals surface area contributed by atoms with Crippen molar-refractivity contribution in [3.63, 3.8) is 0 Å². The van der Waals surface area contributed by atoms with Gasteiger partial charge in [0.15, 0.2) is 0 Å². The van der Waals surface area contributed by atoms with Crippen molar-refractivity contribution >= 4 is 54.7 Å². The molecule has 0 aliphatic rings. The van der Waals surface area contributed by atoms with E-state index in [0.29, 0.717) is 0 Å². The molecule has 0 saturated heterocycles. The van der Waals surface area contributed by atoms with E-state index in [-0.39, 0.29) is 0 Å². The van der Waals surface area contributed by atoms with E-state index in [2.05, 4.69) is 83.8 Å². The van der Waals surface area contributed by atoms with Crippen LogP contribution in [0.2, 0.25) is 0 Å². The number of nitrogens with zero attached hydrogens (tertiary/aromatic N) is 2. The maximum absolute atomic E-state index is 4.93. The van der Waals surface area contributed by atoms with Crippen LogP contribution < -0.4 is 0 Å². The van der Waals surface area contributed by atoms with Crippen LogP contribution in [0.25, 0.3) is 0 Å². The van der Waals surface area contributed by atoms with Gasteiger partial charge in [0, 0.05) is 8.95 Å². The Labute approximate surface area is 174 Å². The minimum Gasteiger partial charge on any atom is -0.251 e. The Morgan fingerprint density at radius 1 is 0.731 bits per heavy atom. The van der Waals surface area contributed by atoms with Crippen LogP contribution in [0.15, 0.2) is 43.2 Å². The molecule has 0 radical (unpaired) electrons. The Morgan fingerprint density at radius 2 is 1.08 bits per heavy atom. The van der Waals surface area contributed by atoms with Crippen LogP contribution in [0.5, 0.6) is 0 Å². The van der Waals surface area contributed by atoms with Crippen LogP contribution in [0.4, 0.5) is 11.4 Å². The highest BCUT2D eigenvalue weighted by Crippen LogP contribution is 2.31. The predicted octanol–water partition coefficient (Wildman–Crippen LogP) is 7.84. The second-order valence-corrected chi connectivity index (χ2v) is 8.39. The summed E-state index contributed by atoms with van der Waals surface area (Å²) >= 11 is 7.16. The van der Waals surface area contributed by atoms with Gasteiger partial charge in [-0.2, -0.15) is 0 Å². The molecule has 0 aliphatic heterocycles. The van der Waals surface area contributed by atoms with Crippen molar-refractivity contribution in [3.8, 4) is 0 Å². The highest BCUT2D eigenvalue weighted by molar-refractivity contribution is 9.10. The zero-order valence-electron chi connectivity index (χ0n) is 16.4. The molecule has 0 heterocycles. The molecule has 0 fully saturated rings. The minimum absolute atomic E-state index is 0.953. The third kappa shape index (κ3) is 4.92. The van der Waals surface area contributed by atoms with Crippen molar-refractivity contribution in [3.05, 3.63) is 55.5 Å². The summed E-state index contributed by atoms with van der Waals surface area (Å²) in [4.78, 5) is 9.85. The van der Waals surface area contributed by atoms with Crippen LogP contribution in [0, 0.1) is 13.8 Å². The molecule has 26 heavy (non-hydrogen) atoms. The molecule has 138 valence electrons. The molecule has 4 heteroatoms. The molecule has 2 nitrogen and oxygen atoms in total. The summed E-state index contributed by atoms with van der Waals surface area (Å²) in [5, 5.41) is 0. The van der Waals surface area contributed by atoms with Crippen LogP contribution in [-0.4, -0.2) is 11.4 Å². The van der Waals surface area contributed by atoms with Crippen molar-refractivity contribution in [1.29, 1.82) is 0 Å². The molecule has 0 aliphatic carbocycles. The van der Waals surface area contributed by atoms with Gasteiger partial charge in [-0.15, -0.1) is 0 Å². The van der Waals surface area contributed by atoms with Crippen molar-refractivity contribution in [2.75, 3.05) is 0 Å². The summed E-state index contributed by atoms with van der Waals surface area (Å²) < 4.78 is 2.21. The van der Waals surface area contributed by atoms with Crippen molar-refractivity contribution in [2.24, 2.45) is 9.98 Å². The van der Waals surface area contributed by atoms with E-state index < -0.39 is 0 Å². The van der Waals surface area contributed by atoms with Crippen LogP contribution in [0.1, 0.15) is 49.9 Å². The van der Waals surface area contributed by atoms with E-state index in [0.717, 1.165) is 44.6 Å². The predicted molar refractivity (Wildman–Crippen MR) is 122 cm³/mol. The summed E-state index contributed by atoms with van der Waals surface area (Å²) in [5.74, 6) is 0. The second kappa shape index (κ2) is 9.09. The standard InChI is InChI=1S/C22H26Br2N2/c1-7-17-11-19(23)9-13(3)21(17)25-15(5)16(6)26-22-14(4)10-20(24)12-18(22)8-2/h9-12H,7-8H2,1-6H3. The SMILES string of the molecule is CCc1cc(Br)cc(C)c1N=C(C)C(C)=Nc1c(C)cc(Br)cc1CC. The normalized spacial score (nSPS) is 12.6. The van der Waals surface area contributed by atoms with E-state index in [1.807, 2.05) is 13.8 Å². The third-order valence-electron chi connectivity index (χ3n) is 4.53. The average molecular weight is 478 g/mol. The van der Waals surface area contributed by atoms with E-state index in [1.54, 1.807) is 0 Å². The van der Waals surface area contributed by atoms with E-state index >= 15 is 0 Å². The Bertz CT molecular complexity index is 807. The van der Waals surface area contributed by atoms with Crippen molar-refractivity contribution < 1.29 is 0 Å². The Balaban J connectivity index is 2.50. The molecular formula is C22H26Br2N2. The first-order chi connectivity index (χ1) is 12.3. The van der Waals surface area contributed by atoms with Gasteiger partial charge in [-0.1, -0.05) is 45.7 Å². The van der Waals surface area contributed by atoms with Crippen LogP contribution >= 0.6 is 31.9 Å². The number of benzene rings is 2. The number of hydrogen-bond acceptors (Lipinski definition) is 2. The van der Waals surface area contributed by atoms with Gasteiger partial charge in [-0.05, 0) is 87.1 Å². The van der Waals surface area contributed by atoms with Gasteiger partial charge in [0.05, 0.1) is 22.8 Å². The van der Waals surface area contributed by atoms with Gasteiger partial charge in [0.1, 0.15) is 0 Å². The van der Waals surface area contributed by atoms with Gasteiger partial charge in [-0.3, -0.25) is 9.98 Å². The lowest BCUT2D eigenvalue weighted by atomic mass is 10.1. The van der Waals surface area contributed by atoms with Crippen LogP contribution in [0.3, 0.4) is 0 Å². The summed E-state index contributed by atoms with van der Waals surface area (Å²) in [6.07, 6.45) is 1.91.